The van der Waals surface area contributed by atoms with Crippen molar-refractivity contribution < 1.29 is 9.59 Å². The molecule has 3 aliphatic rings. The van der Waals surface area contributed by atoms with E-state index in [2.05, 4.69) is 38.5 Å². The highest BCUT2D eigenvalue weighted by Gasteiger charge is 2.47. The second-order valence-corrected chi connectivity index (χ2v) is 10.6. The number of thiophene rings is 1. The molecule has 0 spiro atoms. The highest BCUT2D eigenvalue weighted by atomic mass is 32.1. The third-order valence-corrected chi connectivity index (χ3v) is 8.48. The summed E-state index contributed by atoms with van der Waals surface area (Å²) in [5.41, 5.74) is 1.56. The number of carbonyl (C=O) groups excluding carboxylic acids is 2. The zero-order valence-corrected chi connectivity index (χ0v) is 20.2. The van der Waals surface area contributed by atoms with Gasteiger partial charge in [-0.05, 0) is 43.0 Å². The standard InChI is InChI=1S/C26H34N4O2S/c1-28-14-16-29(17-15-28)13-12-27-25(31)23-20-9-4-5-10-21(20)26(32)30(19-7-2-3-8-19)24(23)22-11-6-18-33-22/h4-6,9-11,18-19,23-24H,2-3,7-8,12-17H2,1H3,(H,27,31)/t23-,24-/m1/s1. The molecule has 6 nitrogen and oxygen atoms in total. The molecule has 0 bridgehead atoms. The van der Waals surface area contributed by atoms with Crippen molar-refractivity contribution in [2.24, 2.45) is 0 Å². The second-order valence-electron chi connectivity index (χ2n) is 9.61. The number of benzene rings is 1. The van der Waals surface area contributed by atoms with Crippen molar-refractivity contribution in [1.29, 1.82) is 0 Å². The quantitative estimate of drug-likeness (QED) is 0.710. The molecule has 2 fully saturated rings. The first kappa shape index (κ1) is 22.6. The Balaban J connectivity index is 1.42. The maximum atomic E-state index is 13.8. The lowest BCUT2D eigenvalue weighted by Gasteiger charge is -2.44. The van der Waals surface area contributed by atoms with E-state index in [-0.39, 0.29) is 29.8 Å². The molecular weight excluding hydrogens is 432 g/mol. The summed E-state index contributed by atoms with van der Waals surface area (Å²) in [6.07, 6.45) is 4.34. The van der Waals surface area contributed by atoms with Gasteiger partial charge in [0.15, 0.2) is 0 Å². The third-order valence-electron chi connectivity index (χ3n) is 7.53. The molecule has 2 amide bonds. The van der Waals surface area contributed by atoms with Crippen LogP contribution in [0.25, 0.3) is 0 Å². The van der Waals surface area contributed by atoms with Crippen molar-refractivity contribution in [1.82, 2.24) is 20.0 Å². The van der Waals surface area contributed by atoms with Crippen molar-refractivity contribution in [3.8, 4) is 0 Å². The molecule has 0 unspecified atom stereocenters. The van der Waals surface area contributed by atoms with Crippen LogP contribution in [0.5, 0.6) is 0 Å². The number of amides is 2. The Hall–Kier alpha value is -2.22. The van der Waals surface area contributed by atoms with Crippen LogP contribution in [0.2, 0.25) is 0 Å². The van der Waals surface area contributed by atoms with Crippen LogP contribution in [0.4, 0.5) is 0 Å². The highest BCUT2D eigenvalue weighted by Crippen LogP contribution is 2.47. The lowest BCUT2D eigenvalue weighted by molar-refractivity contribution is -0.124. The molecular formula is C26H34N4O2S. The minimum Gasteiger partial charge on any atom is -0.354 e. The SMILES string of the molecule is CN1CCN(CCNC(=O)[C@@H]2c3ccccc3C(=O)N(C3CCCC3)[C@@H]2c2cccs2)CC1. The predicted molar refractivity (Wildman–Crippen MR) is 132 cm³/mol. The molecule has 1 saturated heterocycles. The van der Waals surface area contributed by atoms with Crippen molar-refractivity contribution >= 4 is 23.2 Å². The monoisotopic (exact) mass is 466 g/mol. The van der Waals surface area contributed by atoms with Crippen molar-refractivity contribution in [2.75, 3.05) is 46.3 Å². The van der Waals surface area contributed by atoms with Gasteiger partial charge in [0.1, 0.15) is 0 Å². The van der Waals surface area contributed by atoms with E-state index in [1.807, 2.05) is 30.3 Å². The molecule has 1 N–H and O–H groups in total. The number of piperazine rings is 1. The molecule has 0 radical (unpaired) electrons. The summed E-state index contributed by atoms with van der Waals surface area (Å²) < 4.78 is 0. The molecule has 7 heteroatoms. The van der Waals surface area contributed by atoms with Gasteiger partial charge < -0.3 is 15.1 Å². The summed E-state index contributed by atoms with van der Waals surface area (Å²) in [6.45, 7) is 5.73. The van der Waals surface area contributed by atoms with Crippen molar-refractivity contribution in [3.05, 3.63) is 57.8 Å². The Bertz CT molecular complexity index is 964. The minimum atomic E-state index is -0.384. The van der Waals surface area contributed by atoms with Gasteiger partial charge in [-0.15, -0.1) is 11.3 Å². The van der Waals surface area contributed by atoms with E-state index in [4.69, 9.17) is 0 Å². The number of fused-ring (bicyclic) bond motifs is 1. The van der Waals surface area contributed by atoms with E-state index in [0.29, 0.717) is 12.1 Å². The molecule has 176 valence electrons. The lowest BCUT2D eigenvalue weighted by atomic mass is 9.80. The van der Waals surface area contributed by atoms with Crippen LogP contribution in [0.15, 0.2) is 41.8 Å². The average Bonchev–Trinajstić information content (AvgIpc) is 3.55. The van der Waals surface area contributed by atoms with Gasteiger partial charge in [-0.2, -0.15) is 0 Å². The summed E-state index contributed by atoms with van der Waals surface area (Å²) in [7, 11) is 2.15. The van der Waals surface area contributed by atoms with E-state index in [1.54, 1.807) is 11.3 Å². The van der Waals surface area contributed by atoms with E-state index < -0.39 is 0 Å². The number of rotatable bonds is 6. The first-order chi connectivity index (χ1) is 16.1. The van der Waals surface area contributed by atoms with Crippen LogP contribution in [0.3, 0.4) is 0 Å². The lowest BCUT2D eigenvalue weighted by Crippen LogP contribution is -2.51. The van der Waals surface area contributed by atoms with Crippen LogP contribution >= 0.6 is 11.3 Å². The van der Waals surface area contributed by atoms with Crippen LogP contribution in [-0.2, 0) is 4.79 Å². The normalized spacial score (nSPS) is 24.8. The fourth-order valence-corrected chi connectivity index (χ4v) is 6.56. The molecule has 2 aliphatic heterocycles. The predicted octanol–water partition coefficient (Wildman–Crippen LogP) is 3.34. The van der Waals surface area contributed by atoms with Gasteiger partial charge in [-0.25, -0.2) is 0 Å². The summed E-state index contributed by atoms with van der Waals surface area (Å²) in [5.74, 6) is -0.270. The molecule has 1 saturated carbocycles. The smallest absolute Gasteiger partial charge is 0.254 e. The first-order valence-electron chi connectivity index (χ1n) is 12.3. The zero-order valence-electron chi connectivity index (χ0n) is 19.4. The fourth-order valence-electron chi connectivity index (χ4n) is 5.70. The van der Waals surface area contributed by atoms with Gasteiger partial charge in [0.2, 0.25) is 5.91 Å². The minimum absolute atomic E-state index is 0.0328. The molecule has 2 atom stereocenters. The summed E-state index contributed by atoms with van der Waals surface area (Å²) in [6, 6.07) is 11.8. The van der Waals surface area contributed by atoms with Crippen LogP contribution in [0.1, 0.15) is 58.4 Å². The largest absolute Gasteiger partial charge is 0.354 e. The van der Waals surface area contributed by atoms with Gasteiger partial charge in [0.25, 0.3) is 5.91 Å². The number of nitrogens with zero attached hydrogens (tertiary/aromatic N) is 3. The Morgan fingerprint density at radius 3 is 2.55 bits per heavy atom. The van der Waals surface area contributed by atoms with Gasteiger partial charge in [-0.1, -0.05) is 37.1 Å². The van der Waals surface area contributed by atoms with Crippen LogP contribution in [0, 0.1) is 0 Å². The van der Waals surface area contributed by atoms with Crippen LogP contribution < -0.4 is 5.32 Å². The molecule has 3 heterocycles. The maximum absolute atomic E-state index is 13.8. The molecule has 5 rings (SSSR count). The first-order valence-corrected chi connectivity index (χ1v) is 13.1. The fraction of sp³-hybridized carbons (Fsp3) is 0.538. The van der Waals surface area contributed by atoms with E-state index in [9.17, 15) is 9.59 Å². The third kappa shape index (κ3) is 4.59. The zero-order chi connectivity index (χ0) is 22.8. The summed E-state index contributed by atoms with van der Waals surface area (Å²) >= 11 is 1.65. The Labute approximate surface area is 200 Å². The van der Waals surface area contributed by atoms with Crippen LogP contribution in [-0.4, -0.2) is 78.9 Å². The number of carbonyl (C=O) groups is 2. The average molecular weight is 467 g/mol. The van der Waals surface area contributed by atoms with Crippen molar-refractivity contribution in [3.63, 3.8) is 0 Å². The number of nitrogens with one attached hydrogen (secondary N) is 1. The van der Waals surface area contributed by atoms with E-state index >= 15 is 0 Å². The Morgan fingerprint density at radius 2 is 1.82 bits per heavy atom. The van der Waals surface area contributed by atoms with Crippen molar-refractivity contribution in [2.45, 2.75) is 43.7 Å². The number of hydrogen-bond donors (Lipinski definition) is 1. The molecule has 33 heavy (non-hydrogen) atoms. The summed E-state index contributed by atoms with van der Waals surface area (Å²) in [5, 5.41) is 5.29. The number of likely N-dealkylation sites (N-methyl/N-ethyl adjacent to an activating group) is 1. The highest BCUT2D eigenvalue weighted by molar-refractivity contribution is 7.10. The topological polar surface area (TPSA) is 55.9 Å². The summed E-state index contributed by atoms with van der Waals surface area (Å²) in [4.78, 5) is 35.4. The molecule has 1 aromatic heterocycles. The molecule has 2 aromatic rings. The van der Waals surface area contributed by atoms with Gasteiger partial charge >= 0.3 is 0 Å². The van der Waals surface area contributed by atoms with Gasteiger partial charge in [0, 0.05) is 55.8 Å². The van der Waals surface area contributed by atoms with Gasteiger partial charge in [-0.3, -0.25) is 14.5 Å². The second kappa shape index (κ2) is 9.95. The van der Waals surface area contributed by atoms with E-state index in [0.717, 1.165) is 68.8 Å². The molecule has 1 aromatic carbocycles. The molecule has 1 aliphatic carbocycles. The van der Waals surface area contributed by atoms with E-state index in [1.165, 1.54) is 0 Å². The number of hydrogen-bond acceptors (Lipinski definition) is 5. The van der Waals surface area contributed by atoms with Gasteiger partial charge in [0.05, 0.1) is 12.0 Å². The maximum Gasteiger partial charge on any atom is 0.254 e. The Morgan fingerprint density at radius 1 is 1.06 bits per heavy atom. The Kier molecular flexibility index (Phi) is 6.81.